The zero-order valence-corrected chi connectivity index (χ0v) is 15.2. The van der Waals surface area contributed by atoms with Crippen molar-refractivity contribution in [2.24, 2.45) is 0 Å². The van der Waals surface area contributed by atoms with E-state index in [0.717, 1.165) is 43.6 Å². The van der Waals surface area contributed by atoms with E-state index < -0.39 is 0 Å². The molecule has 0 spiro atoms. The molecule has 0 aromatic heterocycles. The first-order valence-corrected chi connectivity index (χ1v) is 8.63. The van der Waals surface area contributed by atoms with Crippen LogP contribution in [0.15, 0.2) is 11.1 Å². The molecule has 22 heavy (non-hydrogen) atoms. The first-order chi connectivity index (χ1) is 10.5. The summed E-state index contributed by atoms with van der Waals surface area (Å²) in [6, 6.07) is -0.0717. The smallest absolute Gasteiger partial charge is 0.317 e. The van der Waals surface area contributed by atoms with Crippen molar-refractivity contribution in [3.8, 4) is 0 Å². The molecule has 0 saturated carbocycles. The fourth-order valence-corrected chi connectivity index (χ4v) is 2.62. The number of carbonyl (C=O) groups is 2. The molecule has 1 aliphatic heterocycles. The van der Waals surface area contributed by atoms with Crippen molar-refractivity contribution in [2.75, 3.05) is 52.4 Å². The lowest BCUT2D eigenvalue weighted by molar-refractivity contribution is -0.132. The number of hydrogen-bond acceptors (Lipinski definition) is 3. The van der Waals surface area contributed by atoms with Gasteiger partial charge < -0.3 is 15.1 Å². The number of hydrogen-bond donors (Lipinski definition) is 1. The Morgan fingerprint density at radius 1 is 1.18 bits per heavy atom. The highest BCUT2D eigenvalue weighted by Gasteiger charge is 2.21. The normalized spacial score (nSPS) is 16.0. The van der Waals surface area contributed by atoms with E-state index in [1.807, 2.05) is 18.7 Å². The molecular weight excluding hydrogens is 348 g/mol. The topological polar surface area (TPSA) is 55.9 Å². The second kappa shape index (κ2) is 9.84. The lowest BCUT2D eigenvalue weighted by Gasteiger charge is -2.25. The van der Waals surface area contributed by atoms with Gasteiger partial charge in [-0.15, -0.1) is 0 Å². The predicted molar refractivity (Wildman–Crippen MR) is 92.0 cm³/mol. The van der Waals surface area contributed by atoms with Gasteiger partial charge in [0.1, 0.15) is 0 Å². The van der Waals surface area contributed by atoms with Crippen LogP contribution in [0.25, 0.3) is 0 Å². The highest BCUT2D eigenvalue weighted by atomic mass is 79.9. The van der Waals surface area contributed by atoms with E-state index in [1.165, 1.54) is 0 Å². The van der Waals surface area contributed by atoms with Crippen molar-refractivity contribution in [1.82, 2.24) is 20.0 Å². The molecule has 1 saturated heterocycles. The average molecular weight is 375 g/mol. The molecule has 3 amide bonds. The van der Waals surface area contributed by atoms with Gasteiger partial charge in [0.15, 0.2) is 0 Å². The van der Waals surface area contributed by atoms with Gasteiger partial charge >= 0.3 is 6.03 Å². The van der Waals surface area contributed by atoms with Crippen LogP contribution in [0.1, 0.15) is 20.3 Å². The molecule has 7 heteroatoms. The Balaban J connectivity index is 2.43. The SMILES string of the molecule is C=C(Br)CNC(=O)N1CCCN(CC(=O)N(CC)CC)CC1. The molecule has 0 radical (unpaired) electrons. The first kappa shape index (κ1) is 19.0. The third-order valence-corrected chi connectivity index (χ3v) is 4.06. The van der Waals surface area contributed by atoms with Gasteiger partial charge in [-0.1, -0.05) is 22.5 Å². The van der Waals surface area contributed by atoms with Crippen LogP contribution in [-0.4, -0.2) is 79.0 Å². The molecule has 1 rings (SSSR count). The summed E-state index contributed by atoms with van der Waals surface area (Å²) in [6.45, 7) is 13.0. The van der Waals surface area contributed by atoms with Crippen LogP contribution < -0.4 is 5.32 Å². The highest BCUT2D eigenvalue weighted by Crippen LogP contribution is 2.05. The van der Waals surface area contributed by atoms with Gasteiger partial charge in [-0.3, -0.25) is 9.69 Å². The molecule has 1 N–H and O–H groups in total. The standard InChI is InChI=1S/C15H27BrN4O2/c1-4-19(5-2)14(21)12-18-7-6-8-20(10-9-18)15(22)17-11-13(3)16/h3-12H2,1-2H3,(H,17,22). The minimum atomic E-state index is -0.0717. The van der Waals surface area contributed by atoms with Gasteiger partial charge in [0.05, 0.1) is 13.1 Å². The Hall–Kier alpha value is -1.08. The fraction of sp³-hybridized carbons (Fsp3) is 0.733. The number of nitrogens with zero attached hydrogens (tertiary/aromatic N) is 3. The summed E-state index contributed by atoms with van der Waals surface area (Å²) in [5.74, 6) is 0.165. The van der Waals surface area contributed by atoms with Gasteiger partial charge in [0, 0.05) is 43.8 Å². The number of amides is 3. The molecular formula is C15H27BrN4O2. The summed E-state index contributed by atoms with van der Waals surface area (Å²) in [6.07, 6.45) is 0.883. The van der Waals surface area contributed by atoms with E-state index in [1.54, 1.807) is 4.90 Å². The Bertz CT molecular complexity index is 399. The molecule has 1 heterocycles. The highest BCUT2D eigenvalue weighted by molar-refractivity contribution is 9.11. The lowest BCUT2D eigenvalue weighted by atomic mass is 10.3. The van der Waals surface area contributed by atoms with Crippen molar-refractivity contribution < 1.29 is 9.59 Å². The quantitative estimate of drug-likeness (QED) is 0.765. The number of likely N-dealkylation sites (N-methyl/N-ethyl adjacent to an activating group) is 1. The predicted octanol–water partition coefficient (Wildman–Crippen LogP) is 1.48. The fourth-order valence-electron chi connectivity index (χ4n) is 2.48. The minimum Gasteiger partial charge on any atom is -0.342 e. The molecule has 0 atom stereocenters. The Labute approximate surface area is 141 Å². The summed E-state index contributed by atoms with van der Waals surface area (Å²) < 4.78 is 0.752. The van der Waals surface area contributed by atoms with Crippen LogP contribution in [0, 0.1) is 0 Å². The molecule has 126 valence electrons. The molecule has 0 unspecified atom stereocenters. The van der Waals surface area contributed by atoms with Gasteiger partial charge in [-0.2, -0.15) is 0 Å². The second-order valence-electron chi connectivity index (χ2n) is 5.36. The average Bonchev–Trinajstić information content (AvgIpc) is 2.71. The number of urea groups is 1. The van der Waals surface area contributed by atoms with Crippen LogP contribution in [0.2, 0.25) is 0 Å². The van der Waals surface area contributed by atoms with Crippen LogP contribution in [-0.2, 0) is 4.79 Å². The summed E-state index contributed by atoms with van der Waals surface area (Å²) in [4.78, 5) is 30.0. The maximum Gasteiger partial charge on any atom is 0.317 e. The molecule has 6 nitrogen and oxygen atoms in total. The summed E-state index contributed by atoms with van der Waals surface area (Å²) in [5.41, 5.74) is 0. The summed E-state index contributed by atoms with van der Waals surface area (Å²) in [5, 5.41) is 2.82. The maximum absolute atomic E-state index is 12.2. The Morgan fingerprint density at radius 3 is 2.45 bits per heavy atom. The minimum absolute atomic E-state index is 0.0717. The van der Waals surface area contributed by atoms with Gasteiger partial charge in [0.25, 0.3) is 0 Å². The number of nitrogens with one attached hydrogen (secondary N) is 1. The van der Waals surface area contributed by atoms with E-state index in [9.17, 15) is 9.59 Å². The van der Waals surface area contributed by atoms with Crippen LogP contribution in [0.3, 0.4) is 0 Å². The number of rotatable bonds is 6. The van der Waals surface area contributed by atoms with E-state index in [2.05, 4.69) is 32.7 Å². The zero-order valence-electron chi connectivity index (χ0n) is 13.6. The van der Waals surface area contributed by atoms with E-state index in [4.69, 9.17) is 0 Å². The van der Waals surface area contributed by atoms with E-state index in [-0.39, 0.29) is 11.9 Å². The van der Waals surface area contributed by atoms with Crippen molar-refractivity contribution in [2.45, 2.75) is 20.3 Å². The molecule has 1 aliphatic rings. The molecule has 1 fully saturated rings. The number of carbonyl (C=O) groups excluding carboxylic acids is 2. The Morgan fingerprint density at radius 2 is 1.86 bits per heavy atom. The molecule has 0 bridgehead atoms. The van der Waals surface area contributed by atoms with Crippen LogP contribution in [0.5, 0.6) is 0 Å². The number of halogens is 1. The van der Waals surface area contributed by atoms with Crippen molar-refractivity contribution in [3.63, 3.8) is 0 Å². The van der Waals surface area contributed by atoms with Crippen LogP contribution >= 0.6 is 15.9 Å². The van der Waals surface area contributed by atoms with Crippen LogP contribution in [0.4, 0.5) is 4.79 Å². The van der Waals surface area contributed by atoms with Crippen molar-refractivity contribution in [3.05, 3.63) is 11.1 Å². The summed E-state index contributed by atoms with van der Waals surface area (Å²) in [7, 11) is 0. The second-order valence-corrected chi connectivity index (χ2v) is 6.48. The van der Waals surface area contributed by atoms with E-state index in [0.29, 0.717) is 19.6 Å². The van der Waals surface area contributed by atoms with Gasteiger partial charge in [-0.05, 0) is 20.3 Å². The monoisotopic (exact) mass is 374 g/mol. The zero-order chi connectivity index (χ0) is 16.5. The third kappa shape index (κ3) is 6.36. The van der Waals surface area contributed by atoms with Gasteiger partial charge in [0.2, 0.25) is 5.91 Å². The van der Waals surface area contributed by atoms with Crippen molar-refractivity contribution >= 4 is 27.9 Å². The maximum atomic E-state index is 12.2. The van der Waals surface area contributed by atoms with E-state index >= 15 is 0 Å². The molecule has 0 aromatic carbocycles. The third-order valence-electron chi connectivity index (χ3n) is 3.78. The first-order valence-electron chi connectivity index (χ1n) is 7.84. The summed E-state index contributed by atoms with van der Waals surface area (Å²) >= 11 is 3.23. The molecule has 0 aromatic rings. The van der Waals surface area contributed by atoms with Crippen molar-refractivity contribution in [1.29, 1.82) is 0 Å². The largest absolute Gasteiger partial charge is 0.342 e. The lowest BCUT2D eigenvalue weighted by Crippen LogP contribution is -2.44. The molecule has 0 aliphatic carbocycles. The van der Waals surface area contributed by atoms with Gasteiger partial charge in [-0.25, -0.2) is 4.79 Å². The Kier molecular flexibility index (Phi) is 8.48.